The molecule has 0 bridgehead atoms. The van der Waals surface area contributed by atoms with E-state index in [1.807, 2.05) is 48.5 Å². The Morgan fingerprint density at radius 1 is 1.15 bits per heavy atom. The van der Waals surface area contributed by atoms with Crippen LogP contribution >= 0.6 is 23.4 Å². The number of para-hydroxylation sites is 1. The number of nitrogens with one attached hydrogen (secondary N) is 1. The lowest BCUT2D eigenvalue weighted by Crippen LogP contribution is -2.41. The molecule has 2 amide bonds. The van der Waals surface area contributed by atoms with Crippen molar-refractivity contribution in [2.24, 2.45) is 9.98 Å². The first-order valence-corrected chi connectivity index (χ1v) is 12.2. The highest BCUT2D eigenvalue weighted by Gasteiger charge is 2.41. The molecule has 172 valence electrons. The molecule has 0 aliphatic carbocycles. The zero-order chi connectivity index (χ0) is 23.5. The Morgan fingerprint density at radius 3 is 2.85 bits per heavy atom. The van der Waals surface area contributed by atoms with Crippen molar-refractivity contribution in [1.82, 2.24) is 10.2 Å². The average Bonchev–Trinajstić information content (AvgIpc) is 3.48. The van der Waals surface area contributed by atoms with Gasteiger partial charge in [-0.05, 0) is 48.4 Å². The van der Waals surface area contributed by atoms with Gasteiger partial charge in [0.05, 0.1) is 18.5 Å². The van der Waals surface area contributed by atoms with Crippen molar-refractivity contribution in [3.63, 3.8) is 0 Å². The fourth-order valence-electron chi connectivity index (χ4n) is 3.82. The van der Waals surface area contributed by atoms with E-state index in [0.29, 0.717) is 40.5 Å². The van der Waals surface area contributed by atoms with Gasteiger partial charge in [0.2, 0.25) is 5.91 Å². The quantitative estimate of drug-likeness (QED) is 0.507. The Kier molecular flexibility index (Phi) is 6.51. The summed E-state index contributed by atoms with van der Waals surface area (Å²) in [6.45, 7) is 0.315. The maximum atomic E-state index is 13.3. The van der Waals surface area contributed by atoms with Crippen LogP contribution < -0.4 is 5.32 Å². The second kappa shape index (κ2) is 9.87. The van der Waals surface area contributed by atoms with Crippen LogP contribution in [-0.2, 0) is 21.9 Å². The molecule has 1 atom stereocenters. The van der Waals surface area contributed by atoms with E-state index in [1.165, 1.54) is 11.8 Å². The summed E-state index contributed by atoms with van der Waals surface area (Å²) >= 11 is 7.58. The molecule has 0 fully saturated rings. The maximum Gasteiger partial charge on any atom is 0.259 e. The molecule has 0 spiro atoms. The van der Waals surface area contributed by atoms with Crippen LogP contribution in [0.2, 0.25) is 5.02 Å². The van der Waals surface area contributed by atoms with Crippen LogP contribution in [0, 0.1) is 0 Å². The number of carbonyl (C=O) groups is 2. The SMILES string of the molecule is O=C(CC[C@H]1N=C2c3ccccc3N=C(SCc3cccc(Cl)c3)N2C1=O)NCc1ccco1. The molecule has 9 heteroatoms. The third-order valence-corrected chi connectivity index (χ3v) is 6.73. The molecule has 34 heavy (non-hydrogen) atoms. The largest absolute Gasteiger partial charge is 0.467 e. The van der Waals surface area contributed by atoms with Crippen molar-refractivity contribution in [3.05, 3.63) is 88.8 Å². The first-order chi connectivity index (χ1) is 16.6. The van der Waals surface area contributed by atoms with Crippen LogP contribution in [0.25, 0.3) is 0 Å². The smallest absolute Gasteiger partial charge is 0.259 e. The van der Waals surface area contributed by atoms with Gasteiger partial charge in [-0.2, -0.15) is 0 Å². The van der Waals surface area contributed by atoms with Crippen molar-refractivity contribution in [2.75, 3.05) is 0 Å². The Labute approximate surface area is 205 Å². The molecular weight excluding hydrogens is 472 g/mol. The minimum absolute atomic E-state index is 0.154. The molecule has 0 radical (unpaired) electrons. The average molecular weight is 493 g/mol. The number of halogens is 1. The lowest BCUT2D eigenvalue weighted by molar-refractivity contribution is -0.125. The first kappa shape index (κ1) is 22.4. The molecule has 5 rings (SSSR count). The summed E-state index contributed by atoms with van der Waals surface area (Å²) in [6.07, 6.45) is 2.06. The molecule has 7 nitrogen and oxygen atoms in total. The van der Waals surface area contributed by atoms with Crippen molar-refractivity contribution in [3.8, 4) is 0 Å². The zero-order valence-corrected chi connectivity index (χ0v) is 19.7. The van der Waals surface area contributed by atoms with E-state index < -0.39 is 6.04 Å². The summed E-state index contributed by atoms with van der Waals surface area (Å²) in [5.41, 5.74) is 2.62. The lowest BCUT2D eigenvalue weighted by atomic mass is 10.1. The second-order valence-electron chi connectivity index (χ2n) is 7.87. The van der Waals surface area contributed by atoms with Crippen molar-refractivity contribution in [2.45, 2.75) is 31.2 Å². The molecule has 1 N–H and O–H groups in total. The maximum absolute atomic E-state index is 13.3. The summed E-state index contributed by atoms with van der Waals surface area (Å²) in [5, 5.41) is 4.05. The van der Waals surface area contributed by atoms with Crippen LogP contribution in [0.3, 0.4) is 0 Å². The van der Waals surface area contributed by atoms with Gasteiger partial charge < -0.3 is 9.73 Å². The zero-order valence-electron chi connectivity index (χ0n) is 18.1. The monoisotopic (exact) mass is 492 g/mol. The number of furan rings is 1. The van der Waals surface area contributed by atoms with Gasteiger partial charge in [-0.15, -0.1) is 0 Å². The third-order valence-electron chi connectivity index (χ3n) is 5.49. The molecule has 2 aliphatic rings. The number of hydrogen-bond donors (Lipinski definition) is 1. The number of amidine groups is 2. The molecule has 0 unspecified atom stereocenters. The van der Waals surface area contributed by atoms with Gasteiger partial charge in [0.25, 0.3) is 5.91 Å². The Hall–Kier alpha value is -3.36. The fraction of sp³-hybridized carbons (Fsp3) is 0.200. The summed E-state index contributed by atoms with van der Waals surface area (Å²) in [6, 6.07) is 18.2. The summed E-state index contributed by atoms with van der Waals surface area (Å²) in [7, 11) is 0. The van der Waals surface area contributed by atoms with Gasteiger partial charge in [0, 0.05) is 22.8 Å². The predicted octanol–water partition coefficient (Wildman–Crippen LogP) is 4.92. The van der Waals surface area contributed by atoms with Gasteiger partial charge >= 0.3 is 0 Å². The minimum atomic E-state index is -0.632. The van der Waals surface area contributed by atoms with Crippen LogP contribution in [0.5, 0.6) is 0 Å². The van der Waals surface area contributed by atoms with E-state index in [-0.39, 0.29) is 18.2 Å². The van der Waals surface area contributed by atoms with Crippen LogP contribution in [-0.4, -0.2) is 33.8 Å². The lowest BCUT2D eigenvalue weighted by Gasteiger charge is -2.25. The number of amides is 2. The second-order valence-corrected chi connectivity index (χ2v) is 9.25. The van der Waals surface area contributed by atoms with Gasteiger partial charge in [-0.3, -0.25) is 14.6 Å². The topological polar surface area (TPSA) is 87.3 Å². The number of aliphatic imine (C=N–C) groups is 2. The molecule has 2 aromatic carbocycles. The standard InChI is InChI=1S/C25H21ClN4O3S/c26-17-6-3-5-16(13-17)15-34-25-29-20-9-2-1-8-19(20)23-28-21(24(32)30(23)25)10-11-22(31)27-14-18-7-4-12-33-18/h1-9,12-13,21H,10-11,14-15H2,(H,27,31)/t21-/m1/s1. The molecular formula is C25H21ClN4O3S. The van der Waals surface area contributed by atoms with E-state index in [4.69, 9.17) is 26.0 Å². The molecule has 0 saturated carbocycles. The van der Waals surface area contributed by atoms with Gasteiger partial charge in [0.1, 0.15) is 17.6 Å². The number of carbonyl (C=O) groups excluding carboxylic acids is 2. The van der Waals surface area contributed by atoms with E-state index in [0.717, 1.165) is 16.8 Å². The number of rotatable bonds is 7. The molecule has 3 heterocycles. The van der Waals surface area contributed by atoms with Crippen LogP contribution in [0.4, 0.5) is 5.69 Å². The van der Waals surface area contributed by atoms with Crippen LogP contribution in [0.1, 0.15) is 29.7 Å². The van der Waals surface area contributed by atoms with Crippen LogP contribution in [0.15, 0.2) is 81.3 Å². The third kappa shape index (κ3) is 4.78. The van der Waals surface area contributed by atoms with E-state index in [2.05, 4.69) is 5.32 Å². The number of hydrogen-bond acceptors (Lipinski definition) is 6. The molecule has 0 saturated heterocycles. The Morgan fingerprint density at radius 2 is 2.03 bits per heavy atom. The number of thioether (sulfide) groups is 1. The van der Waals surface area contributed by atoms with Gasteiger partial charge in [-0.1, -0.05) is 47.6 Å². The summed E-state index contributed by atoms with van der Waals surface area (Å²) in [4.78, 5) is 36.7. The fourth-order valence-corrected chi connectivity index (χ4v) is 4.97. The number of benzene rings is 2. The highest BCUT2D eigenvalue weighted by atomic mass is 35.5. The Bertz CT molecular complexity index is 1290. The highest BCUT2D eigenvalue weighted by molar-refractivity contribution is 8.13. The molecule has 2 aliphatic heterocycles. The highest BCUT2D eigenvalue weighted by Crippen LogP contribution is 2.35. The van der Waals surface area contributed by atoms with Crippen molar-refractivity contribution >= 4 is 51.9 Å². The Balaban J connectivity index is 1.30. The van der Waals surface area contributed by atoms with Gasteiger partial charge in [-0.25, -0.2) is 9.89 Å². The van der Waals surface area contributed by atoms with Crippen molar-refractivity contribution in [1.29, 1.82) is 0 Å². The minimum Gasteiger partial charge on any atom is -0.467 e. The normalized spacial score (nSPS) is 16.6. The predicted molar refractivity (Wildman–Crippen MR) is 133 cm³/mol. The molecule has 3 aromatic rings. The van der Waals surface area contributed by atoms with Gasteiger partial charge in [0.15, 0.2) is 5.17 Å². The summed E-state index contributed by atoms with van der Waals surface area (Å²) < 4.78 is 5.23. The van der Waals surface area contributed by atoms with E-state index >= 15 is 0 Å². The number of fused-ring (bicyclic) bond motifs is 3. The van der Waals surface area contributed by atoms with E-state index in [9.17, 15) is 9.59 Å². The first-order valence-electron chi connectivity index (χ1n) is 10.8. The van der Waals surface area contributed by atoms with Crippen molar-refractivity contribution < 1.29 is 14.0 Å². The van der Waals surface area contributed by atoms with E-state index in [1.54, 1.807) is 23.3 Å². The number of nitrogens with zero attached hydrogens (tertiary/aromatic N) is 3. The summed E-state index contributed by atoms with van der Waals surface area (Å²) in [5.74, 6) is 1.56. The molecule has 1 aromatic heterocycles.